The van der Waals surface area contributed by atoms with Crippen LogP contribution in [0.5, 0.6) is 0 Å². The molecule has 1 aliphatic rings. The summed E-state index contributed by atoms with van der Waals surface area (Å²) in [6.45, 7) is 4.61. The van der Waals surface area contributed by atoms with Gasteiger partial charge >= 0.3 is 21.6 Å². The number of carbonyl (C=O) groups is 1. The van der Waals surface area contributed by atoms with Gasteiger partial charge in [-0.1, -0.05) is 13.8 Å². The smallest absolute Gasteiger partial charge is 0.463 e. The van der Waals surface area contributed by atoms with Crippen molar-refractivity contribution in [3.05, 3.63) is 11.3 Å². The van der Waals surface area contributed by atoms with E-state index in [1.54, 1.807) is 6.92 Å². The first-order chi connectivity index (χ1) is 9.42. The Hall–Kier alpha value is -1.25. The van der Waals surface area contributed by atoms with E-state index in [4.69, 9.17) is 4.74 Å². The van der Waals surface area contributed by atoms with Crippen molar-refractivity contribution < 1.29 is 35.3 Å². The molecule has 0 saturated heterocycles. The van der Waals surface area contributed by atoms with Gasteiger partial charge in [0.1, 0.15) is 5.76 Å². The van der Waals surface area contributed by atoms with E-state index in [0.29, 0.717) is 12.8 Å². The van der Waals surface area contributed by atoms with Crippen molar-refractivity contribution in [1.29, 1.82) is 0 Å². The first kappa shape index (κ1) is 17.8. The first-order valence-corrected chi connectivity index (χ1v) is 7.74. The summed E-state index contributed by atoms with van der Waals surface area (Å²) in [5, 5.41) is 0. The first-order valence-electron chi connectivity index (χ1n) is 6.34. The quantitative estimate of drug-likeness (QED) is 0.450. The SMILES string of the molecule is CCOC(=O)C1=C(OS(=O)(=O)C(F)(F)F)C(C)(C)CCC1. The van der Waals surface area contributed by atoms with Crippen LogP contribution in [0.3, 0.4) is 0 Å². The lowest BCUT2D eigenvalue weighted by Gasteiger charge is -2.33. The molecule has 0 spiro atoms. The molecule has 5 nitrogen and oxygen atoms in total. The summed E-state index contributed by atoms with van der Waals surface area (Å²) in [7, 11) is -5.82. The molecule has 122 valence electrons. The van der Waals surface area contributed by atoms with Gasteiger partial charge < -0.3 is 8.92 Å². The Morgan fingerprint density at radius 1 is 1.33 bits per heavy atom. The summed E-state index contributed by atoms with van der Waals surface area (Å²) in [6.07, 6.45) is 1.05. The van der Waals surface area contributed by atoms with Crippen molar-refractivity contribution >= 4 is 16.1 Å². The molecule has 0 aliphatic heterocycles. The number of esters is 1. The van der Waals surface area contributed by atoms with Crippen LogP contribution in [0.4, 0.5) is 13.2 Å². The van der Waals surface area contributed by atoms with E-state index in [2.05, 4.69) is 4.18 Å². The van der Waals surface area contributed by atoms with Crippen LogP contribution < -0.4 is 0 Å². The van der Waals surface area contributed by atoms with Crippen LogP contribution in [0.25, 0.3) is 0 Å². The second-order valence-corrected chi connectivity index (χ2v) is 6.79. The van der Waals surface area contributed by atoms with Crippen LogP contribution in [0.2, 0.25) is 0 Å². The average Bonchev–Trinajstić information content (AvgIpc) is 2.30. The van der Waals surface area contributed by atoms with Crippen molar-refractivity contribution in [1.82, 2.24) is 0 Å². The zero-order valence-electron chi connectivity index (χ0n) is 11.9. The zero-order valence-corrected chi connectivity index (χ0v) is 12.7. The van der Waals surface area contributed by atoms with Gasteiger partial charge in [0.25, 0.3) is 0 Å². The molecule has 0 aromatic heterocycles. The molecule has 9 heteroatoms. The molecular formula is C12H17F3O5S. The largest absolute Gasteiger partial charge is 0.534 e. The number of alkyl halides is 3. The molecule has 0 N–H and O–H groups in total. The summed E-state index contributed by atoms with van der Waals surface area (Å²) in [5.41, 5.74) is -6.70. The lowest BCUT2D eigenvalue weighted by molar-refractivity contribution is -0.139. The third kappa shape index (κ3) is 3.90. The molecular weight excluding hydrogens is 313 g/mol. The van der Waals surface area contributed by atoms with Gasteiger partial charge in [-0.2, -0.15) is 21.6 Å². The summed E-state index contributed by atoms with van der Waals surface area (Å²) in [4.78, 5) is 11.8. The van der Waals surface area contributed by atoms with Crippen LogP contribution in [0, 0.1) is 5.41 Å². The Morgan fingerprint density at radius 2 is 1.90 bits per heavy atom. The molecule has 0 heterocycles. The van der Waals surface area contributed by atoms with Gasteiger partial charge in [0.15, 0.2) is 0 Å². The van der Waals surface area contributed by atoms with Crippen LogP contribution in [0.1, 0.15) is 40.0 Å². The fraction of sp³-hybridized carbons (Fsp3) is 0.750. The van der Waals surface area contributed by atoms with E-state index < -0.39 is 32.8 Å². The van der Waals surface area contributed by atoms with Crippen molar-refractivity contribution in [2.24, 2.45) is 5.41 Å². The number of ether oxygens (including phenoxy) is 1. The highest BCUT2D eigenvalue weighted by Gasteiger charge is 2.51. The predicted molar refractivity (Wildman–Crippen MR) is 67.4 cm³/mol. The number of allylic oxidation sites excluding steroid dienone is 1. The van der Waals surface area contributed by atoms with Crippen molar-refractivity contribution in [3.63, 3.8) is 0 Å². The Morgan fingerprint density at radius 3 is 2.38 bits per heavy atom. The molecule has 0 amide bonds. The Kier molecular flexibility index (Phi) is 4.97. The molecule has 0 unspecified atom stereocenters. The highest BCUT2D eigenvalue weighted by atomic mass is 32.2. The molecule has 0 saturated carbocycles. The standard InChI is InChI=1S/C12H17F3O5S/c1-4-19-10(16)8-6-5-7-11(2,3)9(8)20-21(17,18)12(13,14)15/h4-7H2,1-3H3. The Balaban J connectivity index is 3.30. The minimum absolute atomic E-state index is 0.0298. The second kappa shape index (κ2) is 5.86. The number of hydrogen-bond acceptors (Lipinski definition) is 5. The molecule has 0 aromatic carbocycles. The third-order valence-electron chi connectivity index (χ3n) is 3.12. The van der Waals surface area contributed by atoms with Crippen LogP contribution in [0.15, 0.2) is 11.3 Å². The van der Waals surface area contributed by atoms with Crippen LogP contribution in [-0.2, 0) is 23.8 Å². The van der Waals surface area contributed by atoms with E-state index >= 15 is 0 Å². The molecule has 1 rings (SSSR count). The predicted octanol–water partition coefficient (Wildman–Crippen LogP) is 2.88. The van der Waals surface area contributed by atoms with Crippen molar-refractivity contribution in [2.75, 3.05) is 6.61 Å². The van der Waals surface area contributed by atoms with Crippen LogP contribution >= 0.6 is 0 Å². The number of halogens is 3. The van der Waals surface area contributed by atoms with Gasteiger partial charge in [-0.15, -0.1) is 0 Å². The van der Waals surface area contributed by atoms with E-state index in [1.165, 1.54) is 13.8 Å². The average molecular weight is 330 g/mol. The third-order valence-corrected chi connectivity index (χ3v) is 4.07. The highest BCUT2D eigenvalue weighted by molar-refractivity contribution is 7.87. The Labute approximate surface area is 121 Å². The van der Waals surface area contributed by atoms with E-state index in [0.717, 1.165) is 0 Å². The Bertz CT molecular complexity index is 546. The molecule has 0 bridgehead atoms. The van der Waals surface area contributed by atoms with Gasteiger partial charge in [0, 0.05) is 5.41 Å². The minimum atomic E-state index is -5.82. The van der Waals surface area contributed by atoms with Gasteiger partial charge in [-0.25, -0.2) is 4.79 Å². The molecule has 0 radical (unpaired) electrons. The fourth-order valence-electron chi connectivity index (χ4n) is 2.08. The molecule has 1 aliphatic carbocycles. The van der Waals surface area contributed by atoms with Crippen LogP contribution in [-0.4, -0.2) is 26.5 Å². The normalized spacial score (nSPS) is 19.3. The number of rotatable bonds is 4. The lowest BCUT2D eigenvalue weighted by Crippen LogP contribution is -2.32. The van der Waals surface area contributed by atoms with E-state index in [-0.39, 0.29) is 18.6 Å². The van der Waals surface area contributed by atoms with Crippen molar-refractivity contribution in [2.45, 2.75) is 45.5 Å². The minimum Gasteiger partial charge on any atom is -0.463 e. The summed E-state index contributed by atoms with van der Waals surface area (Å²) in [6, 6.07) is 0. The lowest BCUT2D eigenvalue weighted by atomic mass is 9.77. The maximum atomic E-state index is 12.5. The van der Waals surface area contributed by atoms with E-state index in [9.17, 15) is 26.4 Å². The topological polar surface area (TPSA) is 69.7 Å². The molecule has 0 aromatic rings. The maximum absolute atomic E-state index is 12.5. The van der Waals surface area contributed by atoms with Gasteiger partial charge in [0.2, 0.25) is 0 Å². The monoisotopic (exact) mass is 330 g/mol. The van der Waals surface area contributed by atoms with Gasteiger partial charge in [-0.05, 0) is 26.2 Å². The number of carbonyl (C=O) groups excluding carboxylic acids is 1. The highest BCUT2D eigenvalue weighted by Crippen LogP contribution is 2.43. The molecule has 21 heavy (non-hydrogen) atoms. The molecule has 0 atom stereocenters. The fourth-order valence-corrected chi connectivity index (χ4v) is 2.72. The summed E-state index contributed by atoms with van der Waals surface area (Å²) in [5.74, 6) is -1.33. The maximum Gasteiger partial charge on any atom is 0.534 e. The summed E-state index contributed by atoms with van der Waals surface area (Å²) >= 11 is 0. The second-order valence-electron chi connectivity index (χ2n) is 5.25. The van der Waals surface area contributed by atoms with E-state index in [1.807, 2.05) is 0 Å². The van der Waals surface area contributed by atoms with Crippen molar-refractivity contribution in [3.8, 4) is 0 Å². The number of hydrogen-bond donors (Lipinski definition) is 0. The summed E-state index contributed by atoms with van der Waals surface area (Å²) < 4.78 is 68.8. The van der Waals surface area contributed by atoms with Gasteiger partial charge in [0.05, 0.1) is 12.2 Å². The zero-order chi connectivity index (χ0) is 16.5. The molecule has 0 fully saturated rings. The van der Waals surface area contributed by atoms with Gasteiger partial charge in [-0.3, -0.25) is 0 Å².